The molecule has 2 fully saturated rings. The lowest BCUT2D eigenvalue weighted by atomic mass is 9.75. The maximum atomic E-state index is 15.1. The van der Waals surface area contributed by atoms with Gasteiger partial charge in [0.25, 0.3) is 0 Å². The quantitative estimate of drug-likeness (QED) is 0.408. The SMILES string of the molecule is CCCC1CCC(c2ccc(C3CCC(/C=C/c4ccc(C)c(F)c4)CC3)c(F)c2F)CC1. The number of hydrogen-bond donors (Lipinski definition) is 0. The number of halogens is 3. The molecule has 0 bridgehead atoms. The molecule has 4 rings (SSSR count). The highest BCUT2D eigenvalue weighted by molar-refractivity contribution is 5.50. The average molecular weight is 455 g/mol. The highest BCUT2D eigenvalue weighted by Crippen LogP contribution is 2.42. The Labute approximate surface area is 197 Å². The third-order valence-corrected chi connectivity index (χ3v) is 8.09. The number of benzene rings is 2. The first kappa shape index (κ1) is 24.1. The van der Waals surface area contributed by atoms with Crippen molar-refractivity contribution >= 4 is 6.08 Å². The van der Waals surface area contributed by atoms with Gasteiger partial charge in [0.1, 0.15) is 5.82 Å². The molecule has 33 heavy (non-hydrogen) atoms. The minimum Gasteiger partial charge on any atom is -0.207 e. The van der Waals surface area contributed by atoms with Crippen molar-refractivity contribution < 1.29 is 13.2 Å². The Morgan fingerprint density at radius 3 is 1.91 bits per heavy atom. The Kier molecular flexibility index (Phi) is 7.98. The van der Waals surface area contributed by atoms with Gasteiger partial charge in [-0.1, -0.05) is 56.2 Å². The Balaban J connectivity index is 1.36. The van der Waals surface area contributed by atoms with E-state index in [4.69, 9.17) is 0 Å². The fourth-order valence-electron chi connectivity index (χ4n) is 5.96. The van der Waals surface area contributed by atoms with Gasteiger partial charge >= 0.3 is 0 Å². The highest BCUT2D eigenvalue weighted by Gasteiger charge is 2.29. The van der Waals surface area contributed by atoms with Gasteiger partial charge in [0.15, 0.2) is 11.6 Å². The van der Waals surface area contributed by atoms with E-state index in [0.29, 0.717) is 22.6 Å². The van der Waals surface area contributed by atoms with Crippen LogP contribution in [-0.4, -0.2) is 0 Å². The Morgan fingerprint density at radius 1 is 0.788 bits per heavy atom. The number of rotatable bonds is 6. The molecule has 0 radical (unpaired) electrons. The number of hydrogen-bond acceptors (Lipinski definition) is 0. The standard InChI is InChI=1S/C30H37F3/c1-3-4-21-9-13-24(14-10-21)26-17-18-27(30(33)29(26)32)25-15-11-22(12-16-25)7-8-23-6-5-20(2)28(31)19-23/h5-8,17-19,21-22,24-25H,3-4,9-16H2,1-2H3/b8-7+. The maximum absolute atomic E-state index is 15.1. The zero-order valence-corrected chi connectivity index (χ0v) is 20.1. The molecule has 2 aromatic rings. The summed E-state index contributed by atoms with van der Waals surface area (Å²) in [6, 6.07) is 9.02. The van der Waals surface area contributed by atoms with Crippen molar-refractivity contribution in [1.82, 2.24) is 0 Å². The van der Waals surface area contributed by atoms with Crippen LogP contribution in [0.25, 0.3) is 6.08 Å². The van der Waals surface area contributed by atoms with Gasteiger partial charge in [0.05, 0.1) is 0 Å². The molecule has 0 aliphatic heterocycles. The van der Waals surface area contributed by atoms with Crippen LogP contribution in [0.2, 0.25) is 0 Å². The monoisotopic (exact) mass is 454 g/mol. The Hall–Kier alpha value is -2.03. The summed E-state index contributed by atoms with van der Waals surface area (Å²) in [5.41, 5.74) is 2.66. The molecule has 0 amide bonds. The van der Waals surface area contributed by atoms with Crippen LogP contribution in [0.15, 0.2) is 36.4 Å². The molecule has 0 aromatic heterocycles. The third-order valence-electron chi connectivity index (χ3n) is 8.09. The van der Waals surface area contributed by atoms with E-state index in [1.807, 2.05) is 24.3 Å². The van der Waals surface area contributed by atoms with E-state index in [2.05, 4.69) is 13.0 Å². The zero-order valence-electron chi connectivity index (χ0n) is 20.1. The van der Waals surface area contributed by atoms with E-state index >= 15 is 8.78 Å². The number of allylic oxidation sites excluding steroid dienone is 1. The predicted molar refractivity (Wildman–Crippen MR) is 131 cm³/mol. The molecule has 3 heteroatoms. The van der Waals surface area contributed by atoms with Crippen molar-refractivity contribution in [3.63, 3.8) is 0 Å². The Morgan fingerprint density at radius 2 is 1.36 bits per heavy atom. The van der Waals surface area contributed by atoms with Gasteiger partial charge in [0.2, 0.25) is 0 Å². The second-order valence-corrected chi connectivity index (χ2v) is 10.4. The second kappa shape index (κ2) is 10.9. The van der Waals surface area contributed by atoms with Crippen LogP contribution in [0.4, 0.5) is 13.2 Å². The van der Waals surface area contributed by atoms with Crippen molar-refractivity contribution in [2.45, 2.75) is 89.9 Å². The third kappa shape index (κ3) is 5.73. The summed E-state index contributed by atoms with van der Waals surface area (Å²) in [4.78, 5) is 0. The summed E-state index contributed by atoms with van der Waals surface area (Å²) in [6.45, 7) is 3.98. The van der Waals surface area contributed by atoms with Crippen LogP contribution in [0.1, 0.15) is 105 Å². The van der Waals surface area contributed by atoms with Gasteiger partial charge in [-0.2, -0.15) is 0 Å². The van der Waals surface area contributed by atoms with Crippen LogP contribution < -0.4 is 0 Å². The lowest BCUT2D eigenvalue weighted by molar-refractivity contribution is 0.302. The second-order valence-electron chi connectivity index (χ2n) is 10.4. The van der Waals surface area contributed by atoms with Crippen LogP contribution in [0.5, 0.6) is 0 Å². The lowest BCUT2D eigenvalue weighted by Crippen LogP contribution is -2.17. The fourth-order valence-corrected chi connectivity index (χ4v) is 5.96. The highest BCUT2D eigenvalue weighted by atomic mass is 19.2. The van der Waals surface area contributed by atoms with E-state index in [9.17, 15) is 4.39 Å². The molecule has 0 nitrogen and oxygen atoms in total. The molecule has 2 aliphatic carbocycles. The first-order chi connectivity index (χ1) is 16.0. The summed E-state index contributed by atoms with van der Waals surface area (Å²) in [5.74, 6) is -0.00350. The van der Waals surface area contributed by atoms with E-state index < -0.39 is 11.6 Å². The van der Waals surface area contributed by atoms with E-state index in [1.165, 1.54) is 12.8 Å². The topological polar surface area (TPSA) is 0 Å². The van der Waals surface area contributed by atoms with Crippen molar-refractivity contribution in [2.24, 2.45) is 11.8 Å². The minimum absolute atomic E-state index is 0.0790. The van der Waals surface area contributed by atoms with E-state index in [1.54, 1.807) is 19.1 Å². The van der Waals surface area contributed by atoms with Gasteiger partial charge in [0, 0.05) is 0 Å². The van der Waals surface area contributed by atoms with Crippen molar-refractivity contribution in [2.75, 3.05) is 0 Å². The largest absolute Gasteiger partial charge is 0.207 e. The van der Waals surface area contributed by atoms with Gasteiger partial charge in [-0.25, -0.2) is 13.2 Å². The molecule has 2 saturated carbocycles. The summed E-state index contributed by atoms with van der Waals surface area (Å²) >= 11 is 0. The number of aryl methyl sites for hydroxylation is 1. The van der Waals surface area contributed by atoms with Crippen molar-refractivity contribution in [3.05, 3.63) is 76.1 Å². The summed E-state index contributed by atoms with van der Waals surface area (Å²) in [5, 5.41) is 0. The zero-order chi connectivity index (χ0) is 23.4. The van der Waals surface area contributed by atoms with Gasteiger partial charge < -0.3 is 0 Å². The smallest absolute Gasteiger partial charge is 0.162 e. The first-order valence-corrected chi connectivity index (χ1v) is 12.9. The first-order valence-electron chi connectivity index (χ1n) is 12.9. The van der Waals surface area contributed by atoms with Crippen LogP contribution >= 0.6 is 0 Å². The molecule has 0 spiro atoms. The molecule has 2 aromatic carbocycles. The molecule has 0 heterocycles. The van der Waals surface area contributed by atoms with Gasteiger partial charge in [-0.3, -0.25) is 0 Å². The molecular formula is C30H37F3. The van der Waals surface area contributed by atoms with Crippen molar-refractivity contribution in [3.8, 4) is 0 Å². The van der Waals surface area contributed by atoms with Crippen molar-refractivity contribution in [1.29, 1.82) is 0 Å². The summed E-state index contributed by atoms with van der Waals surface area (Å²) < 4.78 is 43.9. The molecule has 0 atom stereocenters. The molecule has 2 aliphatic rings. The molecular weight excluding hydrogens is 417 g/mol. The van der Waals surface area contributed by atoms with E-state index in [-0.39, 0.29) is 17.7 Å². The van der Waals surface area contributed by atoms with E-state index in [0.717, 1.165) is 62.8 Å². The normalized spacial score (nSPS) is 26.1. The van der Waals surface area contributed by atoms with Crippen LogP contribution in [0, 0.1) is 36.2 Å². The predicted octanol–water partition coefficient (Wildman–Crippen LogP) is 9.47. The summed E-state index contributed by atoms with van der Waals surface area (Å²) in [7, 11) is 0. The van der Waals surface area contributed by atoms with Crippen LogP contribution in [0.3, 0.4) is 0 Å². The molecule has 0 N–H and O–H groups in total. The summed E-state index contributed by atoms with van der Waals surface area (Å²) in [6.07, 6.45) is 14.4. The molecule has 0 saturated heterocycles. The lowest BCUT2D eigenvalue weighted by Gasteiger charge is -2.30. The Bertz CT molecular complexity index is 961. The average Bonchev–Trinajstić information content (AvgIpc) is 2.83. The maximum Gasteiger partial charge on any atom is 0.162 e. The molecule has 178 valence electrons. The van der Waals surface area contributed by atoms with Gasteiger partial charge in [-0.05, 0) is 110 Å². The fraction of sp³-hybridized carbons (Fsp3) is 0.533. The molecule has 0 unspecified atom stereocenters. The van der Waals surface area contributed by atoms with Crippen LogP contribution in [-0.2, 0) is 0 Å². The minimum atomic E-state index is -0.614. The van der Waals surface area contributed by atoms with Gasteiger partial charge in [-0.15, -0.1) is 0 Å².